The Morgan fingerprint density at radius 1 is 1.29 bits per heavy atom. The first kappa shape index (κ1) is 11.8. The predicted octanol–water partition coefficient (Wildman–Crippen LogP) is 4.99. The van der Waals surface area contributed by atoms with E-state index >= 15 is 0 Å². The third kappa shape index (κ3) is 3.13. The van der Waals surface area contributed by atoms with E-state index in [2.05, 4.69) is 32.2 Å². The van der Waals surface area contributed by atoms with Crippen LogP contribution < -0.4 is 0 Å². The summed E-state index contributed by atoms with van der Waals surface area (Å²) in [6.45, 7) is 6.91. The van der Waals surface area contributed by atoms with Gasteiger partial charge in [0.25, 0.3) is 0 Å². The maximum Gasteiger partial charge on any atom is 0.00798 e. The fourth-order valence-corrected chi connectivity index (χ4v) is 2.99. The molecule has 1 heteroatoms. The summed E-state index contributed by atoms with van der Waals surface area (Å²) in [5.41, 5.74) is 1.62. The van der Waals surface area contributed by atoms with Crippen molar-refractivity contribution in [2.45, 2.75) is 58.8 Å². The lowest BCUT2D eigenvalue weighted by atomic mass is 9.95. The van der Waals surface area contributed by atoms with Crippen LogP contribution in [0.1, 0.15) is 62.8 Å². The summed E-state index contributed by atoms with van der Waals surface area (Å²) >= 11 is 1.94. The Hall–Kier alpha value is -0.300. The Morgan fingerprint density at radius 2 is 2.07 bits per heavy atom. The first-order valence-corrected chi connectivity index (χ1v) is 6.73. The molecule has 0 bridgehead atoms. The highest BCUT2D eigenvalue weighted by Crippen LogP contribution is 2.29. The van der Waals surface area contributed by atoms with Crippen LogP contribution in [0.15, 0.2) is 11.4 Å². The van der Waals surface area contributed by atoms with Gasteiger partial charge in [0.1, 0.15) is 0 Å². The predicted molar refractivity (Wildman–Crippen MR) is 66.3 cm³/mol. The van der Waals surface area contributed by atoms with Gasteiger partial charge in [-0.1, -0.05) is 40.0 Å². The third-order valence-corrected chi connectivity index (χ3v) is 3.78. The van der Waals surface area contributed by atoms with E-state index in [0.717, 1.165) is 5.92 Å². The molecule has 0 aromatic carbocycles. The second kappa shape index (κ2) is 6.23. The zero-order valence-electron chi connectivity index (χ0n) is 9.68. The minimum Gasteiger partial charge on any atom is -0.149 e. The maximum absolute atomic E-state index is 2.37. The topological polar surface area (TPSA) is 0 Å². The quantitative estimate of drug-likeness (QED) is 0.620. The van der Waals surface area contributed by atoms with Gasteiger partial charge < -0.3 is 0 Å². The van der Waals surface area contributed by atoms with E-state index in [4.69, 9.17) is 0 Å². The Bertz CT molecular complexity index is 249. The number of hydrogen-bond acceptors (Lipinski definition) is 1. The molecule has 0 saturated heterocycles. The molecule has 0 saturated carbocycles. The van der Waals surface area contributed by atoms with Gasteiger partial charge in [0.2, 0.25) is 0 Å². The van der Waals surface area contributed by atoms with Gasteiger partial charge in [-0.2, -0.15) is 0 Å². The molecule has 0 N–H and O–H groups in total. The molecule has 1 aromatic heterocycles. The minimum atomic E-state index is 0.766. The summed E-state index contributed by atoms with van der Waals surface area (Å²) < 4.78 is 0. The van der Waals surface area contributed by atoms with Crippen molar-refractivity contribution in [3.8, 4) is 0 Å². The van der Waals surface area contributed by atoms with Gasteiger partial charge in [-0.05, 0) is 35.8 Å². The molecule has 1 heterocycles. The Labute approximate surface area is 92.4 Å². The van der Waals surface area contributed by atoms with Crippen LogP contribution in [0.2, 0.25) is 0 Å². The van der Waals surface area contributed by atoms with Crippen molar-refractivity contribution in [1.29, 1.82) is 0 Å². The van der Waals surface area contributed by atoms with E-state index in [1.807, 2.05) is 11.3 Å². The molecule has 80 valence electrons. The van der Waals surface area contributed by atoms with E-state index in [0.29, 0.717) is 0 Å². The van der Waals surface area contributed by atoms with Gasteiger partial charge in [-0.25, -0.2) is 0 Å². The molecule has 0 nitrogen and oxygen atoms in total. The van der Waals surface area contributed by atoms with Crippen molar-refractivity contribution >= 4 is 11.3 Å². The Morgan fingerprint density at radius 3 is 2.71 bits per heavy atom. The fraction of sp³-hybridized carbons (Fsp3) is 0.692. The van der Waals surface area contributed by atoms with E-state index in [1.54, 1.807) is 10.4 Å². The van der Waals surface area contributed by atoms with Crippen LogP contribution in [0.5, 0.6) is 0 Å². The second-order valence-corrected chi connectivity index (χ2v) is 5.09. The molecule has 1 aromatic rings. The van der Waals surface area contributed by atoms with E-state index in [9.17, 15) is 0 Å². The van der Waals surface area contributed by atoms with Gasteiger partial charge in [0, 0.05) is 4.88 Å². The summed E-state index contributed by atoms with van der Waals surface area (Å²) in [5, 5.41) is 2.25. The van der Waals surface area contributed by atoms with Gasteiger partial charge in [-0.15, -0.1) is 11.3 Å². The molecular formula is C13H22S. The number of unbranched alkanes of at least 4 members (excludes halogenated alkanes) is 1. The molecule has 0 fully saturated rings. The molecule has 0 aliphatic heterocycles. The average molecular weight is 210 g/mol. The smallest absolute Gasteiger partial charge is 0.00798 e. The summed E-state index contributed by atoms with van der Waals surface area (Å²) in [6.07, 6.45) is 6.57. The van der Waals surface area contributed by atoms with Crippen molar-refractivity contribution in [2.75, 3.05) is 0 Å². The summed E-state index contributed by atoms with van der Waals surface area (Å²) in [6, 6.07) is 2.33. The zero-order chi connectivity index (χ0) is 10.4. The summed E-state index contributed by atoms with van der Waals surface area (Å²) in [5.74, 6) is 0.766. The van der Waals surface area contributed by atoms with Crippen molar-refractivity contribution in [2.24, 2.45) is 0 Å². The third-order valence-electron chi connectivity index (χ3n) is 2.78. The largest absolute Gasteiger partial charge is 0.149 e. The molecule has 1 atom stereocenters. The normalized spacial score (nSPS) is 13.1. The first-order chi connectivity index (χ1) is 6.79. The van der Waals surface area contributed by atoms with Crippen LogP contribution >= 0.6 is 11.3 Å². The molecule has 1 rings (SSSR count). The summed E-state index contributed by atoms with van der Waals surface area (Å²) in [4.78, 5) is 1.62. The average Bonchev–Trinajstić information content (AvgIpc) is 2.63. The van der Waals surface area contributed by atoms with Crippen molar-refractivity contribution in [3.63, 3.8) is 0 Å². The fourth-order valence-electron chi connectivity index (χ4n) is 1.89. The van der Waals surface area contributed by atoms with Crippen molar-refractivity contribution in [3.05, 3.63) is 21.9 Å². The highest BCUT2D eigenvalue weighted by Gasteiger charge is 2.10. The number of hydrogen-bond donors (Lipinski definition) is 0. The Balaban J connectivity index is 2.58. The van der Waals surface area contributed by atoms with Crippen LogP contribution in [0.4, 0.5) is 0 Å². The van der Waals surface area contributed by atoms with Crippen LogP contribution in [-0.2, 0) is 6.42 Å². The molecule has 0 aliphatic rings. The van der Waals surface area contributed by atoms with Crippen LogP contribution in [0.25, 0.3) is 0 Å². The Kier molecular flexibility index (Phi) is 5.24. The van der Waals surface area contributed by atoms with Crippen molar-refractivity contribution < 1.29 is 0 Å². The van der Waals surface area contributed by atoms with Gasteiger partial charge in [0.05, 0.1) is 0 Å². The lowest BCUT2D eigenvalue weighted by Crippen LogP contribution is -1.95. The standard InChI is InChI=1S/C13H22S/c1-4-6-8-11(3)12-9-10-14-13(12)7-5-2/h9-11H,4-8H2,1-3H3. The van der Waals surface area contributed by atoms with E-state index in [1.165, 1.54) is 32.1 Å². The van der Waals surface area contributed by atoms with Crippen molar-refractivity contribution in [1.82, 2.24) is 0 Å². The highest BCUT2D eigenvalue weighted by molar-refractivity contribution is 7.10. The zero-order valence-corrected chi connectivity index (χ0v) is 10.5. The molecule has 14 heavy (non-hydrogen) atoms. The molecule has 0 aliphatic carbocycles. The molecule has 0 amide bonds. The number of aryl methyl sites for hydroxylation is 1. The van der Waals surface area contributed by atoms with Crippen LogP contribution in [0, 0.1) is 0 Å². The lowest BCUT2D eigenvalue weighted by molar-refractivity contribution is 0.621. The highest BCUT2D eigenvalue weighted by atomic mass is 32.1. The maximum atomic E-state index is 2.37. The number of rotatable bonds is 6. The molecule has 1 unspecified atom stereocenters. The summed E-state index contributed by atoms with van der Waals surface area (Å²) in [7, 11) is 0. The monoisotopic (exact) mass is 210 g/mol. The van der Waals surface area contributed by atoms with E-state index in [-0.39, 0.29) is 0 Å². The van der Waals surface area contributed by atoms with Gasteiger partial charge in [-0.3, -0.25) is 0 Å². The van der Waals surface area contributed by atoms with Gasteiger partial charge in [0.15, 0.2) is 0 Å². The second-order valence-electron chi connectivity index (χ2n) is 4.09. The van der Waals surface area contributed by atoms with Crippen LogP contribution in [0.3, 0.4) is 0 Å². The lowest BCUT2D eigenvalue weighted by Gasteiger charge is -2.11. The number of thiophene rings is 1. The van der Waals surface area contributed by atoms with Crippen LogP contribution in [-0.4, -0.2) is 0 Å². The molecular weight excluding hydrogens is 188 g/mol. The van der Waals surface area contributed by atoms with Gasteiger partial charge >= 0.3 is 0 Å². The molecule has 0 radical (unpaired) electrons. The molecule has 0 spiro atoms. The minimum absolute atomic E-state index is 0.766. The SMILES string of the molecule is CCCCC(C)c1ccsc1CCC. The van der Waals surface area contributed by atoms with E-state index < -0.39 is 0 Å². The first-order valence-electron chi connectivity index (χ1n) is 5.85.